The molecule has 0 radical (unpaired) electrons. The van der Waals surface area contributed by atoms with E-state index in [1.807, 2.05) is 24.3 Å². The summed E-state index contributed by atoms with van der Waals surface area (Å²) in [4.78, 5) is 26.8. The average Bonchev–Trinajstić information content (AvgIpc) is 3.26. The molecule has 0 aliphatic heterocycles. The number of carbonyl (C=O) groups excluding carboxylic acids is 2. The van der Waals surface area contributed by atoms with Gasteiger partial charge in [0.2, 0.25) is 11.8 Å². The monoisotopic (exact) mass is 436 g/mol. The zero-order valence-corrected chi connectivity index (χ0v) is 20.7. The van der Waals surface area contributed by atoms with Gasteiger partial charge in [0.05, 0.1) is 11.4 Å². The highest BCUT2D eigenvalue weighted by molar-refractivity contribution is 6.01. The van der Waals surface area contributed by atoms with Gasteiger partial charge in [-0.1, -0.05) is 53.7 Å². The lowest BCUT2D eigenvalue weighted by molar-refractivity contribution is -0.125. The summed E-state index contributed by atoms with van der Waals surface area (Å²) in [5.41, 5.74) is 1.94. The van der Waals surface area contributed by atoms with Gasteiger partial charge in [-0.05, 0) is 84.2 Å². The molecule has 0 heterocycles. The zero-order valence-electron chi connectivity index (χ0n) is 20.7. The third-order valence-corrected chi connectivity index (χ3v) is 11.7. The Morgan fingerprint density at radius 3 is 1.38 bits per heavy atom. The quantitative estimate of drug-likeness (QED) is 0.567. The van der Waals surface area contributed by atoms with Gasteiger partial charge in [0.15, 0.2) is 0 Å². The highest BCUT2D eigenvalue weighted by atomic mass is 16.2. The summed E-state index contributed by atoms with van der Waals surface area (Å²) in [6.45, 7) is 13.9. The summed E-state index contributed by atoms with van der Waals surface area (Å²) in [6, 6.07) is 7.70. The second-order valence-corrected chi connectivity index (χ2v) is 12.9. The minimum atomic E-state index is 0.0327. The van der Waals surface area contributed by atoms with Crippen LogP contribution in [-0.2, 0) is 9.59 Å². The molecule has 2 N–H and O–H groups in total. The van der Waals surface area contributed by atoms with Crippen molar-refractivity contribution in [2.45, 2.75) is 80.1 Å². The number of fused-ring (bicyclic) bond motifs is 4. The van der Waals surface area contributed by atoms with E-state index in [0.717, 1.165) is 37.1 Å². The van der Waals surface area contributed by atoms with Crippen LogP contribution in [0.15, 0.2) is 24.3 Å². The molecule has 2 amide bonds. The Kier molecular flexibility index (Phi) is 4.69. The second kappa shape index (κ2) is 6.84. The Balaban J connectivity index is 1.33. The van der Waals surface area contributed by atoms with Crippen LogP contribution in [-0.4, -0.2) is 11.8 Å². The lowest BCUT2D eigenvalue weighted by atomic mass is 9.66. The fraction of sp³-hybridized carbons (Fsp3) is 0.714. The number of hydrogen-bond donors (Lipinski definition) is 2. The number of hydrogen-bond acceptors (Lipinski definition) is 2. The summed E-state index contributed by atoms with van der Waals surface area (Å²) in [5.74, 6) is 1.53. The van der Waals surface area contributed by atoms with Gasteiger partial charge in [-0.15, -0.1) is 0 Å². The minimum Gasteiger partial charge on any atom is -0.324 e. The third kappa shape index (κ3) is 2.73. The molecular formula is C28H40N2O2. The van der Waals surface area contributed by atoms with Gasteiger partial charge in [-0.2, -0.15) is 0 Å². The average molecular weight is 437 g/mol. The van der Waals surface area contributed by atoms with E-state index in [4.69, 9.17) is 0 Å². The predicted octanol–water partition coefficient (Wildman–Crippen LogP) is 6.49. The van der Waals surface area contributed by atoms with Gasteiger partial charge >= 0.3 is 0 Å². The number of carbonyl (C=O) groups is 2. The van der Waals surface area contributed by atoms with Crippen LogP contribution >= 0.6 is 0 Å². The van der Waals surface area contributed by atoms with Crippen LogP contribution < -0.4 is 10.6 Å². The molecule has 4 bridgehead atoms. The maximum atomic E-state index is 13.4. The molecule has 174 valence electrons. The first kappa shape index (κ1) is 22.0. The van der Waals surface area contributed by atoms with E-state index >= 15 is 0 Å². The van der Waals surface area contributed by atoms with E-state index in [0.29, 0.717) is 11.8 Å². The normalized spacial score (nSPS) is 40.4. The zero-order chi connectivity index (χ0) is 23.1. The van der Waals surface area contributed by atoms with Crippen LogP contribution in [0.4, 0.5) is 11.4 Å². The highest BCUT2D eigenvalue weighted by Crippen LogP contribution is 2.69. The van der Waals surface area contributed by atoms with Crippen molar-refractivity contribution in [3.63, 3.8) is 0 Å². The topological polar surface area (TPSA) is 58.2 Å². The summed E-state index contributed by atoms with van der Waals surface area (Å²) < 4.78 is 0. The lowest BCUT2D eigenvalue weighted by Crippen LogP contribution is -2.39. The molecule has 4 saturated carbocycles. The summed E-state index contributed by atoms with van der Waals surface area (Å²) in [7, 11) is 0. The van der Waals surface area contributed by atoms with Crippen molar-refractivity contribution in [1.82, 2.24) is 0 Å². The van der Waals surface area contributed by atoms with E-state index in [9.17, 15) is 9.59 Å². The molecule has 4 heteroatoms. The summed E-state index contributed by atoms with van der Waals surface area (Å²) in [5, 5.41) is 6.40. The molecule has 6 unspecified atom stereocenters. The van der Waals surface area contributed by atoms with E-state index in [-0.39, 0.29) is 45.3 Å². The Morgan fingerprint density at radius 2 is 1.09 bits per heavy atom. The van der Waals surface area contributed by atoms with Crippen LogP contribution in [0.25, 0.3) is 0 Å². The number of rotatable bonds is 4. The van der Waals surface area contributed by atoms with Crippen molar-refractivity contribution in [1.29, 1.82) is 0 Å². The fourth-order valence-electron chi connectivity index (χ4n) is 8.34. The molecule has 4 nitrogen and oxygen atoms in total. The van der Waals surface area contributed by atoms with Crippen molar-refractivity contribution < 1.29 is 9.59 Å². The predicted molar refractivity (Wildman–Crippen MR) is 129 cm³/mol. The van der Waals surface area contributed by atoms with Crippen molar-refractivity contribution in [3.8, 4) is 0 Å². The first-order valence-corrected chi connectivity index (χ1v) is 12.6. The van der Waals surface area contributed by atoms with Gasteiger partial charge in [-0.25, -0.2) is 0 Å². The molecule has 4 aliphatic carbocycles. The molecule has 5 rings (SSSR count). The Hall–Kier alpha value is -1.84. The molecule has 4 aliphatic rings. The van der Waals surface area contributed by atoms with Crippen molar-refractivity contribution in [3.05, 3.63) is 24.3 Å². The number of para-hydroxylation sites is 2. The minimum absolute atomic E-state index is 0.0327. The molecule has 0 spiro atoms. The molecule has 0 aromatic heterocycles. The third-order valence-electron chi connectivity index (χ3n) is 11.7. The van der Waals surface area contributed by atoms with Crippen molar-refractivity contribution in [2.75, 3.05) is 10.6 Å². The standard InChI is InChI=1S/C28H40N2O2/c1-25(2)17-11-13-27(25,5)19(15-17)23(31)29-21-9-7-8-10-22(21)30-24(32)20-16-18-12-14-28(20,6)26(18,3)4/h7-10,17-20H,11-16H2,1-6H3,(H,29,31)(H,30,32). The number of amides is 2. The van der Waals surface area contributed by atoms with Crippen molar-refractivity contribution in [2.24, 2.45) is 45.3 Å². The summed E-state index contributed by atoms with van der Waals surface area (Å²) >= 11 is 0. The van der Waals surface area contributed by atoms with Crippen LogP contribution in [0.3, 0.4) is 0 Å². The van der Waals surface area contributed by atoms with Crippen LogP contribution in [0, 0.1) is 45.3 Å². The van der Waals surface area contributed by atoms with E-state index in [2.05, 4.69) is 52.2 Å². The second-order valence-electron chi connectivity index (χ2n) is 12.9. The molecule has 6 atom stereocenters. The fourth-order valence-corrected chi connectivity index (χ4v) is 8.34. The first-order valence-electron chi connectivity index (χ1n) is 12.6. The van der Waals surface area contributed by atoms with Gasteiger partial charge in [0.25, 0.3) is 0 Å². The van der Waals surface area contributed by atoms with Crippen LogP contribution in [0.2, 0.25) is 0 Å². The number of nitrogens with one attached hydrogen (secondary N) is 2. The maximum absolute atomic E-state index is 13.4. The van der Waals surface area contributed by atoms with E-state index in [1.54, 1.807) is 0 Å². The number of benzene rings is 1. The Labute approximate surface area is 193 Å². The molecule has 1 aromatic carbocycles. The Bertz CT molecular complexity index is 889. The van der Waals surface area contributed by atoms with Crippen LogP contribution in [0.5, 0.6) is 0 Å². The Morgan fingerprint density at radius 1 is 0.719 bits per heavy atom. The summed E-state index contributed by atoms with van der Waals surface area (Å²) in [6.07, 6.45) is 6.66. The molecule has 1 aromatic rings. The molecule has 4 fully saturated rings. The molecule has 0 saturated heterocycles. The van der Waals surface area contributed by atoms with Gasteiger partial charge < -0.3 is 10.6 Å². The van der Waals surface area contributed by atoms with Gasteiger partial charge in [0, 0.05) is 11.8 Å². The SMILES string of the molecule is CC1(C)C2CCC1(C)C(C(=O)Nc1ccccc1NC(=O)C1CC3CCC1(C)C3(C)C)C2. The van der Waals surface area contributed by atoms with Crippen molar-refractivity contribution >= 4 is 23.2 Å². The number of anilines is 2. The lowest BCUT2D eigenvalue weighted by Gasteiger charge is -2.39. The first-order chi connectivity index (χ1) is 14.9. The largest absolute Gasteiger partial charge is 0.324 e. The van der Waals surface area contributed by atoms with Gasteiger partial charge in [0.1, 0.15) is 0 Å². The van der Waals surface area contributed by atoms with Gasteiger partial charge in [-0.3, -0.25) is 9.59 Å². The van der Waals surface area contributed by atoms with E-state index in [1.165, 1.54) is 12.8 Å². The highest BCUT2D eigenvalue weighted by Gasteiger charge is 2.64. The van der Waals surface area contributed by atoms with E-state index < -0.39 is 0 Å². The molecular weight excluding hydrogens is 396 g/mol. The molecule has 32 heavy (non-hydrogen) atoms. The smallest absolute Gasteiger partial charge is 0.228 e. The van der Waals surface area contributed by atoms with Crippen LogP contribution in [0.1, 0.15) is 80.1 Å². The maximum Gasteiger partial charge on any atom is 0.228 e.